The van der Waals surface area contributed by atoms with Gasteiger partial charge in [-0.3, -0.25) is 0 Å². The molecule has 0 heterocycles. The Bertz CT molecular complexity index is 341. The van der Waals surface area contributed by atoms with E-state index in [4.69, 9.17) is 6.85 Å². The summed E-state index contributed by atoms with van der Waals surface area (Å²) in [5.41, 5.74) is -0.928. The molecule has 0 aromatic carbocycles. The van der Waals surface area contributed by atoms with Gasteiger partial charge in [0, 0.05) is 6.85 Å². The summed E-state index contributed by atoms with van der Waals surface area (Å²) < 4.78 is 42.4. The summed E-state index contributed by atoms with van der Waals surface area (Å²) in [4.78, 5) is 0. The molecule has 14 heavy (non-hydrogen) atoms. The predicted octanol–water partition coefficient (Wildman–Crippen LogP) is 4.78. The van der Waals surface area contributed by atoms with Crippen molar-refractivity contribution in [3.05, 3.63) is 0 Å². The highest BCUT2D eigenvalue weighted by Crippen LogP contribution is 2.52. The molecule has 0 aliphatic heterocycles. The van der Waals surface area contributed by atoms with Gasteiger partial charge in [-0.2, -0.15) is 0 Å². The molecule has 0 amide bonds. The summed E-state index contributed by atoms with van der Waals surface area (Å²) in [6, 6.07) is 0. The zero-order valence-electron chi connectivity index (χ0n) is 14.7. The summed E-state index contributed by atoms with van der Waals surface area (Å²) in [5, 5.41) is 0. The van der Waals surface area contributed by atoms with Crippen LogP contribution in [0.4, 0.5) is 0 Å². The van der Waals surface area contributed by atoms with Crippen molar-refractivity contribution in [1.29, 1.82) is 0 Å². The van der Waals surface area contributed by atoms with Crippen molar-refractivity contribution in [1.82, 2.24) is 0 Å². The van der Waals surface area contributed by atoms with Crippen LogP contribution in [0, 0.1) is 16.7 Å². The Kier molecular flexibility index (Phi) is 1.50. The summed E-state index contributed by atoms with van der Waals surface area (Å²) in [5.74, 6) is -1.69. The fraction of sp³-hybridized carbons (Fsp3) is 1.00. The molecule has 2 aliphatic rings. The normalized spacial score (nSPS) is 43.2. The van der Waals surface area contributed by atoms with Crippen molar-refractivity contribution in [2.24, 2.45) is 16.7 Å². The van der Waals surface area contributed by atoms with Gasteiger partial charge >= 0.3 is 0 Å². The molecule has 2 rings (SSSR count). The Morgan fingerprint density at radius 2 is 1.57 bits per heavy atom. The van der Waals surface area contributed by atoms with Crippen LogP contribution in [0.3, 0.4) is 0 Å². The van der Waals surface area contributed by atoms with Crippen LogP contribution < -0.4 is 0 Å². The lowest BCUT2D eigenvalue weighted by Gasteiger charge is -2.42. The quantitative estimate of drug-likeness (QED) is 0.526. The number of rotatable bonds is 0. The van der Waals surface area contributed by atoms with Gasteiger partial charge in [0.25, 0.3) is 0 Å². The Labute approximate surface area is 96.5 Å². The maximum absolute atomic E-state index is 8.67. The van der Waals surface area contributed by atoms with E-state index in [1.807, 2.05) is 0 Å². The summed E-state index contributed by atoms with van der Waals surface area (Å²) >= 11 is 0. The molecule has 82 valence electrons. The first-order valence-electron chi connectivity index (χ1n) is 8.37. The van der Waals surface area contributed by atoms with Gasteiger partial charge in [0.05, 0.1) is 0 Å². The molecular weight excluding hydrogens is 168 g/mol. The Morgan fingerprint density at radius 3 is 2.00 bits per heavy atom. The Hall–Kier alpha value is 0. The first kappa shape index (κ1) is 5.92. The van der Waals surface area contributed by atoms with E-state index in [-0.39, 0.29) is 5.41 Å². The molecule has 0 bridgehead atoms. The SMILES string of the molecule is [2H]C1([2H])CC2(CCCC2)CC([2H])([2H])C1([2H])C(C)(C)C. The van der Waals surface area contributed by atoms with Crippen LogP contribution in [0.25, 0.3) is 0 Å². The van der Waals surface area contributed by atoms with Crippen molar-refractivity contribution in [3.63, 3.8) is 0 Å². The molecule has 0 N–H and O–H groups in total. The smallest absolute Gasteiger partial charge is 0.0308 e. The van der Waals surface area contributed by atoms with Crippen LogP contribution in [0.5, 0.6) is 0 Å². The molecular formula is C14H26. The Morgan fingerprint density at radius 1 is 1.07 bits per heavy atom. The summed E-state index contributed by atoms with van der Waals surface area (Å²) in [7, 11) is 0. The minimum absolute atomic E-state index is 0.206. The van der Waals surface area contributed by atoms with Gasteiger partial charge < -0.3 is 0 Å². The lowest BCUT2D eigenvalue weighted by Crippen LogP contribution is -2.30. The third-order valence-electron chi connectivity index (χ3n) is 3.69. The zero-order valence-corrected chi connectivity index (χ0v) is 9.74. The van der Waals surface area contributed by atoms with Crippen molar-refractivity contribution < 1.29 is 6.85 Å². The maximum Gasteiger partial charge on any atom is 0.0308 e. The number of hydrogen-bond donors (Lipinski definition) is 0. The summed E-state index contributed by atoms with van der Waals surface area (Å²) in [6.45, 7) is 5.38. The van der Waals surface area contributed by atoms with Crippen LogP contribution >= 0.6 is 0 Å². The number of hydrogen-bond acceptors (Lipinski definition) is 0. The molecule has 0 atom stereocenters. The lowest BCUT2D eigenvalue weighted by molar-refractivity contribution is 0.0918. The standard InChI is InChI=1S/C14H26/c1-13(2,3)12-6-10-14(11-7-12)8-4-5-9-14/h12H,4-11H2,1-3H3/i6D2,7D2,12D. The van der Waals surface area contributed by atoms with E-state index in [9.17, 15) is 0 Å². The molecule has 1 spiro atoms. The van der Waals surface area contributed by atoms with Crippen LogP contribution in [0.1, 0.15) is 78.9 Å². The molecule has 0 radical (unpaired) electrons. The highest BCUT2D eigenvalue weighted by molar-refractivity contribution is 4.91. The van der Waals surface area contributed by atoms with Crippen molar-refractivity contribution in [3.8, 4) is 0 Å². The van der Waals surface area contributed by atoms with Crippen LogP contribution in [-0.2, 0) is 0 Å². The molecule has 0 aromatic rings. The highest BCUT2D eigenvalue weighted by atomic mass is 14.4. The van der Waals surface area contributed by atoms with Gasteiger partial charge in [-0.05, 0) is 55.2 Å². The van der Waals surface area contributed by atoms with Gasteiger partial charge in [0.1, 0.15) is 0 Å². The second-order valence-corrected chi connectivity index (χ2v) is 6.04. The molecule has 2 saturated carbocycles. The van der Waals surface area contributed by atoms with Crippen LogP contribution in [-0.4, -0.2) is 0 Å². The second kappa shape index (κ2) is 3.54. The van der Waals surface area contributed by atoms with E-state index in [1.165, 1.54) is 0 Å². The van der Waals surface area contributed by atoms with E-state index in [1.54, 1.807) is 20.8 Å². The van der Waals surface area contributed by atoms with Gasteiger partial charge in [-0.15, -0.1) is 0 Å². The van der Waals surface area contributed by atoms with Gasteiger partial charge in [-0.25, -0.2) is 0 Å². The van der Waals surface area contributed by atoms with Crippen LogP contribution in [0.2, 0.25) is 0 Å². The molecule has 0 aromatic heterocycles. The minimum Gasteiger partial charge on any atom is -0.0599 e. The average molecular weight is 199 g/mol. The lowest BCUT2D eigenvalue weighted by atomic mass is 9.63. The third-order valence-corrected chi connectivity index (χ3v) is 3.69. The predicted molar refractivity (Wildman–Crippen MR) is 62.3 cm³/mol. The molecule has 0 heteroatoms. The largest absolute Gasteiger partial charge is 0.0599 e. The van der Waals surface area contributed by atoms with E-state index in [0.717, 1.165) is 25.7 Å². The first-order valence-corrected chi connectivity index (χ1v) is 5.87. The van der Waals surface area contributed by atoms with Crippen molar-refractivity contribution >= 4 is 0 Å². The molecule has 2 fully saturated rings. The van der Waals surface area contributed by atoms with E-state index < -0.39 is 24.1 Å². The fourth-order valence-corrected chi connectivity index (χ4v) is 2.69. The molecule has 2 aliphatic carbocycles. The maximum atomic E-state index is 8.67. The van der Waals surface area contributed by atoms with Gasteiger partial charge in [0.15, 0.2) is 0 Å². The first-order chi connectivity index (χ1) is 8.37. The van der Waals surface area contributed by atoms with Crippen molar-refractivity contribution in [2.75, 3.05) is 0 Å². The van der Waals surface area contributed by atoms with Crippen LogP contribution in [0.15, 0.2) is 0 Å². The van der Waals surface area contributed by atoms with E-state index in [0.29, 0.717) is 12.8 Å². The van der Waals surface area contributed by atoms with E-state index in [2.05, 4.69) is 0 Å². The molecule has 0 unspecified atom stereocenters. The van der Waals surface area contributed by atoms with Gasteiger partial charge in [0.2, 0.25) is 0 Å². The second-order valence-electron chi connectivity index (χ2n) is 6.04. The monoisotopic (exact) mass is 199 g/mol. The third kappa shape index (κ3) is 1.99. The van der Waals surface area contributed by atoms with E-state index >= 15 is 0 Å². The fourth-order valence-electron chi connectivity index (χ4n) is 2.69. The van der Waals surface area contributed by atoms with Crippen molar-refractivity contribution in [2.45, 2.75) is 72.0 Å². The molecule has 0 nitrogen and oxygen atoms in total. The molecule has 0 saturated heterocycles. The Balaban J connectivity index is 2.48. The topological polar surface area (TPSA) is 0 Å². The average Bonchev–Trinajstić information content (AvgIpc) is 2.58. The zero-order chi connectivity index (χ0) is 14.7. The highest BCUT2D eigenvalue weighted by Gasteiger charge is 2.39. The van der Waals surface area contributed by atoms with Gasteiger partial charge in [-0.1, -0.05) is 33.6 Å². The summed E-state index contributed by atoms with van der Waals surface area (Å²) in [6.07, 6.45) is 1.13. The minimum atomic E-state index is -1.78.